The summed E-state index contributed by atoms with van der Waals surface area (Å²) in [5, 5.41) is 2.41. The van der Waals surface area contributed by atoms with Crippen LogP contribution >= 0.6 is 0 Å². The van der Waals surface area contributed by atoms with Gasteiger partial charge < -0.3 is 4.74 Å². The van der Waals surface area contributed by atoms with Gasteiger partial charge in [-0.3, -0.25) is 4.98 Å². The molecule has 72 valence electrons. The molecule has 0 saturated heterocycles. The topological polar surface area (TPSA) is 22.1 Å². The van der Waals surface area contributed by atoms with Gasteiger partial charge in [-0.25, -0.2) is 0 Å². The van der Waals surface area contributed by atoms with Crippen molar-refractivity contribution in [2.24, 2.45) is 0 Å². The maximum Gasteiger partial charge on any atom is 0.0890 e. The normalized spacial score (nSPS) is 10.7. The van der Waals surface area contributed by atoms with Gasteiger partial charge in [0.2, 0.25) is 0 Å². The molecule has 2 aromatic rings. The fourth-order valence-electron chi connectivity index (χ4n) is 1.66. The molecule has 0 aliphatic rings. The van der Waals surface area contributed by atoms with E-state index in [9.17, 15) is 0 Å². The first-order valence-electron chi connectivity index (χ1n) is 4.65. The Bertz CT molecular complexity index is 451. The third-order valence-corrected chi connectivity index (χ3v) is 2.23. The standard InChI is InChI=1S/C12H13NO/c1-9-7-10-5-3-4-6-11(10)12(13-9)8-14-2/h3-7H,8H2,1-2H3. The number of fused-ring (bicyclic) bond motifs is 1. The molecule has 2 heteroatoms. The van der Waals surface area contributed by atoms with Gasteiger partial charge in [0, 0.05) is 18.2 Å². The van der Waals surface area contributed by atoms with E-state index in [2.05, 4.69) is 23.2 Å². The quantitative estimate of drug-likeness (QED) is 0.721. The highest BCUT2D eigenvalue weighted by Gasteiger charge is 2.02. The highest BCUT2D eigenvalue weighted by molar-refractivity contribution is 5.84. The van der Waals surface area contributed by atoms with E-state index in [1.165, 1.54) is 10.8 Å². The Balaban J connectivity index is 2.67. The van der Waals surface area contributed by atoms with Crippen LogP contribution in [0.1, 0.15) is 11.4 Å². The number of nitrogens with zero attached hydrogens (tertiary/aromatic N) is 1. The van der Waals surface area contributed by atoms with Crippen LogP contribution in [0.25, 0.3) is 10.8 Å². The van der Waals surface area contributed by atoms with E-state index < -0.39 is 0 Å². The largest absolute Gasteiger partial charge is 0.378 e. The van der Waals surface area contributed by atoms with Crippen molar-refractivity contribution < 1.29 is 4.74 Å². The van der Waals surface area contributed by atoms with E-state index in [4.69, 9.17) is 4.74 Å². The summed E-state index contributed by atoms with van der Waals surface area (Å²) >= 11 is 0. The molecule has 0 bridgehead atoms. The summed E-state index contributed by atoms with van der Waals surface area (Å²) < 4.78 is 5.13. The second-order valence-electron chi connectivity index (χ2n) is 3.36. The Morgan fingerprint density at radius 3 is 2.86 bits per heavy atom. The summed E-state index contributed by atoms with van der Waals surface area (Å²) in [6.07, 6.45) is 0. The lowest BCUT2D eigenvalue weighted by Gasteiger charge is -2.05. The molecule has 0 radical (unpaired) electrons. The van der Waals surface area contributed by atoms with Crippen LogP contribution in [0.4, 0.5) is 0 Å². The van der Waals surface area contributed by atoms with Gasteiger partial charge in [-0.2, -0.15) is 0 Å². The minimum atomic E-state index is 0.572. The third-order valence-electron chi connectivity index (χ3n) is 2.23. The number of hydrogen-bond donors (Lipinski definition) is 0. The monoisotopic (exact) mass is 187 g/mol. The number of aryl methyl sites for hydroxylation is 1. The second kappa shape index (κ2) is 3.76. The van der Waals surface area contributed by atoms with E-state index in [1.807, 2.05) is 19.1 Å². The molecule has 2 rings (SSSR count). The summed E-state index contributed by atoms with van der Waals surface area (Å²) in [5.41, 5.74) is 2.05. The zero-order chi connectivity index (χ0) is 9.97. The van der Waals surface area contributed by atoms with Crippen LogP contribution in [0.15, 0.2) is 30.3 Å². The average Bonchev–Trinajstić information content (AvgIpc) is 2.18. The average molecular weight is 187 g/mol. The molecule has 0 spiro atoms. The number of benzene rings is 1. The fraction of sp³-hybridized carbons (Fsp3) is 0.250. The fourth-order valence-corrected chi connectivity index (χ4v) is 1.66. The number of ether oxygens (including phenoxy) is 1. The highest BCUT2D eigenvalue weighted by atomic mass is 16.5. The van der Waals surface area contributed by atoms with E-state index >= 15 is 0 Å². The Hall–Kier alpha value is -1.41. The summed E-state index contributed by atoms with van der Waals surface area (Å²) in [5.74, 6) is 0. The van der Waals surface area contributed by atoms with Gasteiger partial charge in [-0.15, -0.1) is 0 Å². The molecule has 0 unspecified atom stereocenters. The van der Waals surface area contributed by atoms with Gasteiger partial charge in [-0.05, 0) is 18.4 Å². The van der Waals surface area contributed by atoms with Gasteiger partial charge in [0.15, 0.2) is 0 Å². The van der Waals surface area contributed by atoms with Crippen molar-refractivity contribution in [3.63, 3.8) is 0 Å². The molecular weight excluding hydrogens is 174 g/mol. The number of rotatable bonds is 2. The van der Waals surface area contributed by atoms with E-state index in [0.29, 0.717) is 6.61 Å². The zero-order valence-corrected chi connectivity index (χ0v) is 8.45. The molecule has 0 amide bonds. The summed E-state index contributed by atoms with van der Waals surface area (Å²) in [4.78, 5) is 4.47. The zero-order valence-electron chi connectivity index (χ0n) is 8.45. The Labute approximate surface area is 83.5 Å². The number of methoxy groups -OCH3 is 1. The molecular formula is C12H13NO. The van der Waals surface area contributed by atoms with Crippen LogP contribution in [-0.2, 0) is 11.3 Å². The van der Waals surface area contributed by atoms with E-state index in [-0.39, 0.29) is 0 Å². The van der Waals surface area contributed by atoms with Crippen molar-refractivity contribution in [2.75, 3.05) is 7.11 Å². The van der Waals surface area contributed by atoms with Crippen LogP contribution in [0.3, 0.4) is 0 Å². The molecule has 1 aromatic carbocycles. The molecule has 0 aliphatic heterocycles. The van der Waals surface area contributed by atoms with Crippen LogP contribution in [-0.4, -0.2) is 12.1 Å². The molecule has 0 aliphatic carbocycles. The Kier molecular flexibility index (Phi) is 2.46. The van der Waals surface area contributed by atoms with Gasteiger partial charge in [0.1, 0.15) is 0 Å². The lowest BCUT2D eigenvalue weighted by Crippen LogP contribution is -1.95. The van der Waals surface area contributed by atoms with Crippen molar-refractivity contribution in [1.29, 1.82) is 0 Å². The molecule has 1 heterocycles. The van der Waals surface area contributed by atoms with Crippen molar-refractivity contribution >= 4 is 10.8 Å². The van der Waals surface area contributed by atoms with Crippen LogP contribution in [0.5, 0.6) is 0 Å². The highest BCUT2D eigenvalue weighted by Crippen LogP contribution is 2.18. The predicted molar refractivity (Wildman–Crippen MR) is 57.2 cm³/mol. The molecule has 0 saturated carbocycles. The second-order valence-corrected chi connectivity index (χ2v) is 3.36. The summed E-state index contributed by atoms with van der Waals surface area (Å²) in [6.45, 7) is 2.58. The summed E-state index contributed by atoms with van der Waals surface area (Å²) in [7, 11) is 1.69. The molecule has 2 nitrogen and oxygen atoms in total. The first kappa shape index (κ1) is 9.16. The first-order chi connectivity index (χ1) is 6.81. The molecule has 0 fully saturated rings. The summed E-state index contributed by atoms with van der Waals surface area (Å²) in [6, 6.07) is 10.3. The maximum atomic E-state index is 5.13. The van der Waals surface area contributed by atoms with E-state index in [0.717, 1.165) is 11.4 Å². The first-order valence-corrected chi connectivity index (χ1v) is 4.65. The van der Waals surface area contributed by atoms with Gasteiger partial charge in [-0.1, -0.05) is 24.3 Å². The number of aromatic nitrogens is 1. The van der Waals surface area contributed by atoms with Crippen LogP contribution < -0.4 is 0 Å². The van der Waals surface area contributed by atoms with E-state index in [1.54, 1.807) is 7.11 Å². The smallest absolute Gasteiger partial charge is 0.0890 e. The predicted octanol–water partition coefficient (Wildman–Crippen LogP) is 2.69. The Morgan fingerprint density at radius 1 is 1.29 bits per heavy atom. The minimum Gasteiger partial charge on any atom is -0.378 e. The third kappa shape index (κ3) is 1.61. The van der Waals surface area contributed by atoms with Crippen molar-refractivity contribution in [3.8, 4) is 0 Å². The van der Waals surface area contributed by atoms with Crippen molar-refractivity contribution in [1.82, 2.24) is 4.98 Å². The Morgan fingerprint density at radius 2 is 2.07 bits per heavy atom. The lowest BCUT2D eigenvalue weighted by atomic mass is 10.1. The molecule has 0 N–H and O–H groups in total. The number of hydrogen-bond acceptors (Lipinski definition) is 2. The van der Waals surface area contributed by atoms with Gasteiger partial charge in [0.25, 0.3) is 0 Å². The SMILES string of the molecule is COCc1nc(C)cc2ccccc12. The van der Waals surface area contributed by atoms with Crippen LogP contribution in [0.2, 0.25) is 0 Å². The molecule has 0 atom stereocenters. The molecule has 14 heavy (non-hydrogen) atoms. The lowest BCUT2D eigenvalue weighted by molar-refractivity contribution is 0.182. The van der Waals surface area contributed by atoms with Gasteiger partial charge in [0.05, 0.1) is 12.3 Å². The maximum absolute atomic E-state index is 5.13. The van der Waals surface area contributed by atoms with Crippen molar-refractivity contribution in [2.45, 2.75) is 13.5 Å². The van der Waals surface area contributed by atoms with Gasteiger partial charge >= 0.3 is 0 Å². The van der Waals surface area contributed by atoms with Crippen LogP contribution in [0, 0.1) is 6.92 Å². The minimum absolute atomic E-state index is 0.572. The molecule has 1 aromatic heterocycles. The number of pyridine rings is 1. The van der Waals surface area contributed by atoms with Crippen molar-refractivity contribution in [3.05, 3.63) is 41.7 Å².